The number of rotatable bonds is 4. The first-order valence-corrected chi connectivity index (χ1v) is 12.4. The van der Waals surface area contributed by atoms with Gasteiger partial charge in [-0.25, -0.2) is 9.79 Å². The summed E-state index contributed by atoms with van der Waals surface area (Å²) in [6, 6.07) is 18.8. The van der Waals surface area contributed by atoms with Gasteiger partial charge in [-0.3, -0.25) is 9.36 Å². The molecule has 0 bridgehead atoms. The highest BCUT2D eigenvalue weighted by Crippen LogP contribution is 2.38. The molecule has 8 heteroatoms. The lowest BCUT2D eigenvalue weighted by Crippen LogP contribution is -2.39. The van der Waals surface area contributed by atoms with Crippen LogP contribution in [0.2, 0.25) is 0 Å². The summed E-state index contributed by atoms with van der Waals surface area (Å²) >= 11 is 1.31. The Kier molecular flexibility index (Phi) is 5.45. The smallest absolute Gasteiger partial charge is 0.338 e. The third-order valence-electron chi connectivity index (χ3n) is 6.34. The predicted octanol–water partition coefficient (Wildman–Crippen LogP) is 3.68. The number of carbonyl (C=O) groups excluding carboxylic acids is 1. The molecule has 0 aliphatic carbocycles. The van der Waals surface area contributed by atoms with Crippen molar-refractivity contribution in [3.05, 3.63) is 103 Å². The van der Waals surface area contributed by atoms with Gasteiger partial charge < -0.3 is 14.2 Å². The number of nitrogens with zero attached hydrogens (tertiary/aromatic N) is 2. The fourth-order valence-corrected chi connectivity index (χ4v) is 5.75. The molecule has 6 rings (SSSR count). The van der Waals surface area contributed by atoms with Gasteiger partial charge in [-0.1, -0.05) is 59.9 Å². The second-order valence-corrected chi connectivity index (χ2v) is 9.49. The summed E-state index contributed by atoms with van der Waals surface area (Å²) in [6.45, 7) is 3.87. The third-order valence-corrected chi connectivity index (χ3v) is 7.32. The van der Waals surface area contributed by atoms with Crippen LogP contribution in [0.5, 0.6) is 11.5 Å². The molecular weight excluding hydrogens is 476 g/mol. The van der Waals surface area contributed by atoms with Crippen LogP contribution in [-0.4, -0.2) is 23.9 Å². The van der Waals surface area contributed by atoms with Crippen LogP contribution in [0.25, 0.3) is 16.8 Å². The van der Waals surface area contributed by atoms with E-state index in [0.29, 0.717) is 32.1 Å². The maximum atomic E-state index is 13.9. The average Bonchev–Trinajstić information content (AvgIpc) is 3.47. The van der Waals surface area contributed by atoms with Crippen LogP contribution in [0.3, 0.4) is 0 Å². The van der Waals surface area contributed by atoms with Crippen LogP contribution in [0.1, 0.15) is 31.0 Å². The van der Waals surface area contributed by atoms with E-state index in [0.717, 1.165) is 21.9 Å². The van der Waals surface area contributed by atoms with E-state index in [1.54, 1.807) is 24.5 Å². The van der Waals surface area contributed by atoms with E-state index in [2.05, 4.69) is 4.99 Å². The Bertz CT molecular complexity index is 1740. The highest BCUT2D eigenvalue weighted by Gasteiger charge is 2.34. The molecule has 0 amide bonds. The SMILES string of the molecule is CCOC(=O)C1=C(C)N=c2s/c(=C\c3cccc4ccccc34)c(=O)n2[C@@H]1c1ccc2c(c1)OCO2. The van der Waals surface area contributed by atoms with E-state index in [1.165, 1.54) is 11.3 Å². The maximum Gasteiger partial charge on any atom is 0.338 e. The molecule has 3 heterocycles. The molecule has 3 aromatic carbocycles. The van der Waals surface area contributed by atoms with E-state index < -0.39 is 12.0 Å². The second-order valence-electron chi connectivity index (χ2n) is 8.48. The fourth-order valence-electron chi connectivity index (χ4n) is 4.71. The van der Waals surface area contributed by atoms with Gasteiger partial charge in [-0.05, 0) is 54.0 Å². The van der Waals surface area contributed by atoms with Crippen molar-refractivity contribution in [1.29, 1.82) is 0 Å². The van der Waals surface area contributed by atoms with Gasteiger partial charge in [0.05, 0.1) is 28.5 Å². The number of esters is 1. The molecule has 1 atom stereocenters. The van der Waals surface area contributed by atoms with Gasteiger partial charge in [0.1, 0.15) is 0 Å². The minimum atomic E-state index is -0.704. The summed E-state index contributed by atoms with van der Waals surface area (Å²) < 4.78 is 18.5. The minimum Gasteiger partial charge on any atom is -0.463 e. The summed E-state index contributed by atoms with van der Waals surface area (Å²) in [4.78, 5) is 32.1. The number of aromatic nitrogens is 1. The van der Waals surface area contributed by atoms with Gasteiger partial charge in [0.2, 0.25) is 6.79 Å². The monoisotopic (exact) mass is 498 g/mol. The predicted molar refractivity (Wildman–Crippen MR) is 137 cm³/mol. The van der Waals surface area contributed by atoms with Crippen LogP contribution < -0.4 is 24.4 Å². The van der Waals surface area contributed by atoms with Crippen molar-refractivity contribution < 1.29 is 19.0 Å². The lowest BCUT2D eigenvalue weighted by atomic mass is 9.95. The van der Waals surface area contributed by atoms with Crippen LogP contribution in [0, 0.1) is 0 Å². The summed E-state index contributed by atoms with van der Waals surface area (Å²) in [5.41, 5.74) is 2.30. The standard InChI is InChI=1S/C28H22N2O5S/c1-3-33-27(32)24-16(2)29-28-30(25(24)19-11-12-21-22(13-19)35-15-34-21)26(31)23(36-28)14-18-9-6-8-17-7-4-5-10-20(17)18/h4-14,25H,3,15H2,1-2H3/b23-14-/t25-/m1/s1. The number of ether oxygens (including phenoxy) is 3. The summed E-state index contributed by atoms with van der Waals surface area (Å²) in [6.07, 6.45) is 1.90. The largest absolute Gasteiger partial charge is 0.463 e. The first-order chi connectivity index (χ1) is 17.5. The Hall–Kier alpha value is -4.17. The van der Waals surface area contributed by atoms with Crippen molar-refractivity contribution in [1.82, 2.24) is 4.57 Å². The molecule has 2 aliphatic heterocycles. The van der Waals surface area contributed by atoms with Crippen molar-refractivity contribution in [3.8, 4) is 11.5 Å². The molecule has 2 aliphatic rings. The van der Waals surface area contributed by atoms with Crippen LogP contribution in [0.4, 0.5) is 0 Å². The quantitative estimate of drug-likeness (QED) is 0.401. The molecule has 0 N–H and O–H groups in total. The van der Waals surface area contributed by atoms with E-state index in [4.69, 9.17) is 14.2 Å². The lowest BCUT2D eigenvalue weighted by molar-refractivity contribution is -0.139. The molecule has 0 radical (unpaired) electrons. The Labute approximate surface area is 210 Å². The zero-order chi connectivity index (χ0) is 24.8. The van der Waals surface area contributed by atoms with Gasteiger partial charge in [0.15, 0.2) is 16.3 Å². The van der Waals surface area contributed by atoms with E-state index in [-0.39, 0.29) is 19.0 Å². The van der Waals surface area contributed by atoms with Crippen molar-refractivity contribution in [2.24, 2.45) is 4.99 Å². The highest BCUT2D eigenvalue weighted by molar-refractivity contribution is 7.07. The first-order valence-electron chi connectivity index (χ1n) is 11.6. The number of fused-ring (bicyclic) bond motifs is 3. The Balaban J connectivity index is 1.58. The first kappa shape index (κ1) is 22.3. The normalized spacial score (nSPS) is 16.7. The number of hydrogen-bond acceptors (Lipinski definition) is 7. The van der Waals surface area contributed by atoms with Crippen LogP contribution in [0.15, 0.2) is 81.7 Å². The topological polar surface area (TPSA) is 79.1 Å². The zero-order valence-electron chi connectivity index (χ0n) is 19.7. The number of allylic oxidation sites excluding steroid dienone is 1. The Morgan fingerprint density at radius 1 is 1.14 bits per heavy atom. The highest BCUT2D eigenvalue weighted by atomic mass is 32.1. The summed E-state index contributed by atoms with van der Waals surface area (Å²) in [7, 11) is 0. The van der Waals surface area contributed by atoms with Gasteiger partial charge in [0.25, 0.3) is 5.56 Å². The Morgan fingerprint density at radius 3 is 2.81 bits per heavy atom. The van der Waals surface area contributed by atoms with Gasteiger partial charge >= 0.3 is 5.97 Å². The molecule has 0 fully saturated rings. The molecule has 1 aromatic heterocycles. The van der Waals surface area contributed by atoms with Gasteiger partial charge in [0, 0.05) is 0 Å². The Morgan fingerprint density at radius 2 is 1.94 bits per heavy atom. The van der Waals surface area contributed by atoms with Gasteiger partial charge in [-0.2, -0.15) is 0 Å². The summed E-state index contributed by atoms with van der Waals surface area (Å²) in [5.74, 6) is 0.702. The molecule has 0 saturated heterocycles. The van der Waals surface area contributed by atoms with E-state index >= 15 is 0 Å². The molecule has 180 valence electrons. The van der Waals surface area contributed by atoms with Crippen LogP contribution in [-0.2, 0) is 9.53 Å². The molecule has 4 aromatic rings. The summed E-state index contributed by atoms with van der Waals surface area (Å²) in [5, 5.41) is 2.15. The van der Waals surface area contributed by atoms with Crippen molar-refractivity contribution in [2.45, 2.75) is 19.9 Å². The number of carbonyl (C=O) groups is 1. The maximum absolute atomic E-state index is 13.9. The van der Waals surface area contributed by atoms with E-state index in [1.807, 2.05) is 60.7 Å². The van der Waals surface area contributed by atoms with E-state index in [9.17, 15) is 9.59 Å². The number of hydrogen-bond donors (Lipinski definition) is 0. The van der Waals surface area contributed by atoms with Crippen LogP contribution >= 0.6 is 11.3 Å². The fraction of sp³-hybridized carbons (Fsp3) is 0.179. The second kappa shape index (κ2) is 8.80. The molecule has 0 spiro atoms. The molecule has 7 nitrogen and oxygen atoms in total. The average molecular weight is 499 g/mol. The number of thiazole rings is 1. The number of benzene rings is 3. The minimum absolute atomic E-state index is 0.131. The van der Waals surface area contributed by atoms with Crippen molar-refractivity contribution in [3.63, 3.8) is 0 Å². The molecule has 36 heavy (non-hydrogen) atoms. The third kappa shape index (κ3) is 3.61. The zero-order valence-corrected chi connectivity index (χ0v) is 20.5. The lowest BCUT2D eigenvalue weighted by Gasteiger charge is -2.24. The van der Waals surface area contributed by atoms with Crippen molar-refractivity contribution in [2.75, 3.05) is 13.4 Å². The molecule has 0 saturated carbocycles. The van der Waals surface area contributed by atoms with Crippen molar-refractivity contribution >= 4 is 34.2 Å². The van der Waals surface area contributed by atoms with Gasteiger partial charge in [-0.15, -0.1) is 0 Å². The molecule has 0 unspecified atom stereocenters. The molecular formula is C28H22N2O5S.